The Morgan fingerprint density at radius 2 is 1.75 bits per heavy atom. The van der Waals surface area contributed by atoms with Crippen molar-refractivity contribution in [2.24, 2.45) is 5.92 Å². The number of hydrogen-bond donors (Lipinski definition) is 1. The van der Waals surface area contributed by atoms with E-state index in [1.54, 1.807) is 0 Å². The number of carbonyl (C=O) groups excluding carboxylic acids is 3. The number of hydrogen-bond acceptors (Lipinski definition) is 7. The molecule has 0 saturated carbocycles. The molecular weight excluding hydrogens is 231 g/mol. The molecule has 0 aliphatic heterocycles. The maximum absolute atomic E-state index is 10.8. The van der Waals surface area contributed by atoms with Crippen molar-refractivity contribution in [3.8, 4) is 0 Å². The Labute approximate surface area is 114 Å². The first-order valence-corrected chi connectivity index (χ1v) is 3.97. The molecule has 2 atom stereocenters. The quantitative estimate of drug-likeness (QED) is 0.378. The van der Waals surface area contributed by atoms with E-state index in [2.05, 4.69) is 9.47 Å². The Hall–Kier alpha value is -0.630. The molecular formula is C8H11NaO7. The Morgan fingerprint density at radius 1 is 1.25 bits per heavy atom. The van der Waals surface area contributed by atoms with Gasteiger partial charge in [0.1, 0.15) is 0 Å². The first-order valence-electron chi connectivity index (χ1n) is 3.97. The van der Waals surface area contributed by atoms with Crippen LogP contribution in [0.1, 0.15) is 6.42 Å². The Balaban J connectivity index is 0. The second-order valence-corrected chi connectivity index (χ2v) is 2.67. The monoisotopic (exact) mass is 242 g/mol. The predicted molar refractivity (Wildman–Crippen MR) is 43.2 cm³/mol. The van der Waals surface area contributed by atoms with Gasteiger partial charge in [-0.3, -0.25) is 4.79 Å². The van der Waals surface area contributed by atoms with E-state index >= 15 is 0 Å². The van der Waals surface area contributed by atoms with Crippen molar-refractivity contribution in [2.75, 3.05) is 14.2 Å². The summed E-state index contributed by atoms with van der Waals surface area (Å²) in [5, 5.41) is 19.7. The molecule has 0 fully saturated rings. The van der Waals surface area contributed by atoms with Gasteiger partial charge in [0.05, 0.1) is 20.6 Å². The molecule has 0 aromatic rings. The summed E-state index contributed by atoms with van der Waals surface area (Å²) in [5.74, 6) is -5.41. The molecule has 0 aliphatic rings. The molecule has 8 heteroatoms. The third-order valence-corrected chi connectivity index (χ3v) is 1.74. The van der Waals surface area contributed by atoms with Crippen molar-refractivity contribution in [2.45, 2.75) is 12.5 Å². The third kappa shape index (κ3) is 5.45. The van der Waals surface area contributed by atoms with Crippen LogP contribution in [0.4, 0.5) is 0 Å². The number of carboxylic acid groups (broad SMARTS) is 1. The van der Waals surface area contributed by atoms with E-state index in [9.17, 15) is 24.6 Å². The van der Waals surface area contributed by atoms with E-state index < -0.39 is 36.4 Å². The van der Waals surface area contributed by atoms with Crippen molar-refractivity contribution in [1.29, 1.82) is 0 Å². The van der Waals surface area contributed by atoms with Crippen LogP contribution in [0.5, 0.6) is 0 Å². The minimum Gasteiger partial charge on any atom is -0.550 e. The number of aliphatic hydroxyl groups is 1. The Bertz CT molecular complexity index is 265. The molecule has 1 N–H and O–H groups in total. The van der Waals surface area contributed by atoms with Gasteiger partial charge in [-0.2, -0.15) is 0 Å². The molecule has 16 heavy (non-hydrogen) atoms. The zero-order valence-corrected chi connectivity index (χ0v) is 11.3. The van der Waals surface area contributed by atoms with Gasteiger partial charge in [0, 0.05) is 11.9 Å². The topological polar surface area (TPSA) is 113 Å². The van der Waals surface area contributed by atoms with Crippen molar-refractivity contribution in [3.05, 3.63) is 0 Å². The molecule has 0 saturated heterocycles. The molecule has 0 heterocycles. The summed E-state index contributed by atoms with van der Waals surface area (Å²) < 4.78 is 8.33. The Morgan fingerprint density at radius 3 is 2.06 bits per heavy atom. The minimum absolute atomic E-state index is 0. The maximum Gasteiger partial charge on any atom is 1.00 e. The molecule has 86 valence electrons. The van der Waals surface area contributed by atoms with Crippen LogP contribution in [0.15, 0.2) is 0 Å². The smallest absolute Gasteiger partial charge is 0.550 e. The van der Waals surface area contributed by atoms with Crippen LogP contribution in [0.2, 0.25) is 0 Å². The van der Waals surface area contributed by atoms with Gasteiger partial charge in [-0.1, -0.05) is 0 Å². The van der Waals surface area contributed by atoms with Gasteiger partial charge in [-0.05, 0) is 0 Å². The molecule has 0 radical (unpaired) electrons. The van der Waals surface area contributed by atoms with E-state index in [1.165, 1.54) is 0 Å². The van der Waals surface area contributed by atoms with Gasteiger partial charge in [0.15, 0.2) is 6.10 Å². The van der Waals surface area contributed by atoms with Crippen molar-refractivity contribution in [3.63, 3.8) is 0 Å². The molecule has 7 nitrogen and oxygen atoms in total. The van der Waals surface area contributed by atoms with Crippen LogP contribution >= 0.6 is 0 Å². The second-order valence-electron chi connectivity index (χ2n) is 2.67. The molecule has 0 amide bonds. The first-order chi connectivity index (χ1) is 6.93. The largest absolute Gasteiger partial charge is 1.00 e. The average Bonchev–Trinajstić information content (AvgIpc) is 2.22. The van der Waals surface area contributed by atoms with E-state index in [0.29, 0.717) is 0 Å². The number of ether oxygens (including phenoxy) is 2. The number of carboxylic acids is 1. The number of esters is 2. The van der Waals surface area contributed by atoms with E-state index in [-0.39, 0.29) is 29.6 Å². The first kappa shape index (κ1) is 17.8. The maximum atomic E-state index is 10.8. The van der Waals surface area contributed by atoms with E-state index in [1.807, 2.05) is 0 Å². The van der Waals surface area contributed by atoms with E-state index in [0.717, 1.165) is 14.2 Å². The summed E-state index contributed by atoms with van der Waals surface area (Å²) in [4.78, 5) is 32.1. The fourth-order valence-corrected chi connectivity index (χ4v) is 0.872. The van der Waals surface area contributed by atoms with Gasteiger partial charge < -0.3 is 24.5 Å². The third-order valence-electron chi connectivity index (χ3n) is 1.74. The summed E-state index contributed by atoms with van der Waals surface area (Å²) in [6, 6.07) is 0. The SMILES string of the molecule is COC(=O)CC(C(=O)[O-])C(O)C(=O)OC.[Na+]. The second kappa shape index (κ2) is 8.51. The summed E-state index contributed by atoms with van der Waals surface area (Å²) in [5.41, 5.74) is 0. The van der Waals surface area contributed by atoms with Crippen LogP contribution in [0.25, 0.3) is 0 Å². The van der Waals surface area contributed by atoms with Crippen LogP contribution in [0, 0.1) is 5.92 Å². The molecule has 2 unspecified atom stereocenters. The van der Waals surface area contributed by atoms with Gasteiger partial charge in [0.2, 0.25) is 0 Å². The van der Waals surface area contributed by atoms with Gasteiger partial charge >= 0.3 is 41.5 Å². The Kier molecular flexibility index (Phi) is 9.45. The van der Waals surface area contributed by atoms with Crippen LogP contribution < -0.4 is 34.7 Å². The summed E-state index contributed by atoms with van der Waals surface area (Å²) in [6.07, 6.45) is -2.60. The standard InChI is InChI=1S/C8H12O7.Na/c1-14-5(9)3-4(7(11)12)6(10)8(13)15-2;/h4,6,10H,3H2,1-2H3,(H,11,12);/q;+1/p-1. The number of carbonyl (C=O) groups is 3. The number of aliphatic carboxylic acids is 1. The summed E-state index contributed by atoms with van der Waals surface area (Å²) in [7, 11) is 2.04. The van der Waals surface area contributed by atoms with Gasteiger partial charge in [-0.25, -0.2) is 4.79 Å². The van der Waals surface area contributed by atoms with E-state index in [4.69, 9.17) is 0 Å². The molecule has 0 aliphatic carbocycles. The van der Waals surface area contributed by atoms with Crippen molar-refractivity contribution < 1.29 is 63.6 Å². The fourth-order valence-electron chi connectivity index (χ4n) is 0.872. The van der Waals surface area contributed by atoms with Crippen molar-refractivity contribution in [1.82, 2.24) is 0 Å². The minimum atomic E-state index is -1.95. The molecule has 0 rings (SSSR count). The molecule has 0 aromatic carbocycles. The number of rotatable bonds is 5. The predicted octanol–water partition coefficient (Wildman–Crippen LogP) is -5.55. The summed E-state index contributed by atoms with van der Waals surface area (Å²) >= 11 is 0. The van der Waals surface area contributed by atoms with Crippen LogP contribution in [0.3, 0.4) is 0 Å². The zero-order valence-electron chi connectivity index (χ0n) is 9.26. The van der Waals surface area contributed by atoms with Crippen molar-refractivity contribution >= 4 is 17.9 Å². The van der Waals surface area contributed by atoms with Gasteiger partial charge in [0.25, 0.3) is 0 Å². The van der Waals surface area contributed by atoms with Gasteiger partial charge in [-0.15, -0.1) is 0 Å². The summed E-state index contributed by atoms with van der Waals surface area (Å²) in [6.45, 7) is 0. The normalized spacial score (nSPS) is 12.9. The zero-order chi connectivity index (χ0) is 12.0. The number of methoxy groups -OCH3 is 2. The molecule has 0 aromatic heterocycles. The number of aliphatic hydroxyl groups excluding tert-OH is 1. The van der Waals surface area contributed by atoms with Crippen LogP contribution in [-0.4, -0.2) is 43.3 Å². The molecule has 0 bridgehead atoms. The molecule has 0 spiro atoms. The van der Waals surface area contributed by atoms with Crippen LogP contribution in [-0.2, 0) is 23.9 Å². The average molecular weight is 242 g/mol. The fraction of sp³-hybridized carbons (Fsp3) is 0.625.